The van der Waals surface area contributed by atoms with Gasteiger partial charge in [0.05, 0.1) is 22.8 Å². The lowest BCUT2D eigenvalue weighted by Crippen LogP contribution is -2.12. The molecule has 0 fully saturated rings. The lowest BCUT2D eigenvalue weighted by molar-refractivity contribution is -0.385. The van der Waals surface area contributed by atoms with E-state index < -0.39 is 22.6 Å². The van der Waals surface area contributed by atoms with Crippen molar-refractivity contribution < 1.29 is 27.6 Å². The predicted octanol–water partition coefficient (Wildman–Crippen LogP) is 6.46. The van der Waals surface area contributed by atoms with Gasteiger partial charge in [-0.25, -0.2) is 4.68 Å². The first-order chi connectivity index (χ1) is 18.4. The third-order valence-electron chi connectivity index (χ3n) is 5.62. The average molecular weight is 540 g/mol. The van der Waals surface area contributed by atoms with Gasteiger partial charge in [-0.3, -0.25) is 14.9 Å². The number of aryl methyl sites for hydroxylation is 1. The molecule has 0 spiro atoms. The van der Waals surface area contributed by atoms with Crippen LogP contribution >= 0.6 is 0 Å². The van der Waals surface area contributed by atoms with E-state index in [4.69, 9.17) is 4.74 Å². The lowest BCUT2D eigenvalue weighted by atomic mass is 10.1. The summed E-state index contributed by atoms with van der Waals surface area (Å²) in [7, 11) is 0. The molecule has 0 aliphatic heterocycles. The van der Waals surface area contributed by atoms with E-state index in [1.54, 1.807) is 31.2 Å². The van der Waals surface area contributed by atoms with Gasteiger partial charge in [-0.1, -0.05) is 32.0 Å². The molecule has 1 N–H and O–H groups in total. The first kappa shape index (κ1) is 27.3. The molecule has 0 unspecified atom stereocenters. The number of hydrogen-bond acceptors (Lipinski definition) is 6. The summed E-state index contributed by atoms with van der Waals surface area (Å²) >= 11 is 0. The first-order valence-electron chi connectivity index (χ1n) is 11.9. The van der Waals surface area contributed by atoms with Crippen molar-refractivity contribution in [3.8, 4) is 23.1 Å². The molecule has 9 nitrogen and oxygen atoms in total. The summed E-state index contributed by atoms with van der Waals surface area (Å²) in [6.07, 6.45) is -4.53. The van der Waals surface area contributed by atoms with Crippen LogP contribution in [0.2, 0.25) is 0 Å². The number of anilines is 1. The van der Waals surface area contributed by atoms with E-state index in [1.807, 2.05) is 13.8 Å². The molecule has 3 aromatic carbocycles. The fourth-order valence-corrected chi connectivity index (χ4v) is 3.63. The molecule has 39 heavy (non-hydrogen) atoms. The van der Waals surface area contributed by atoms with Crippen LogP contribution < -0.4 is 10.1 Å². The Labute approximate surface area is 221 Å². The van der Waals surface area contributed by atoms with Gasteiger partial charge < -0.3 is 10.1 Å². The van der Waals surface area contributed by atoms with Gasteiger partial charge in [-0.15, -0.1) is 5.10 Å². The first-order valence-corrected chi connectivity index (χ1v) is 11.9. The molecule has 0 saturated carbocycles. The SMILES string of the molecule is Cc1ccc(C(=O)Nc2ccc(-n3nc(OCC(C)C)nc3-c3cccc(C(F)(F)F)c3)cc2)cc1[N+](=O)[O-]. The van der Waals surface area contributed by atoms with Crippen molar-refractivity contribution in [2.45, 2.75) is 26.9 Å². The van der Waals surface area contributed by atoms with Crippen molar-refractivity contribution in [2.75, 3.05) is 11.9 Å². The predicted molar refractivity (Wildman–Crippen MR) is 138 cm³/mol. The molecule has 12 heteroatoms. The van der Waals surface area contributed by atoms with Gasteiger partial charge in [0.1, 0.15) is 0 Å². The topological polar surface area (TPSA) is 112 Å². The number of carbonyl (C=O) groups is 1. The zero-order chi connectivity index (χ0) is 28.3. The molecule has 0 aliphatic carbocycles. The third-order valence-corrected chi connectivity index (χ3v) is 5.62. The molecule has 0 saturated heterocycles. The molecule has 1 aromatic heterocycles. The Hall–Kier alpha value is -4.74. The molecule has 0 aliphatic rings. The Kier molecular flexibility index (Phi) is 7.65. The Balaban J connectivity index is 1.64. The minimum Gasteiger partial charge on any atom is -0.462 e. The summed E-state index contributed by atoms with van der Waals surface area (Å²) < 4.78 is 47.0. The second-order valence-electron chi connectivity index (χ2n) is 9.17. The second-order valence-corrected chi connectivity index (χ2v) is 9.17. The maximum atomic E-state index is 13.3. The summed E-state index contributed by atoms with van der Waals surface area (Å²) in [6.45, 7) is 5.77. The number of benzene rings is 3. The van der Waals surface area contributed by atoms with E-state index in [0.717, 1.165) is 12.1 Å². The maximum Gasteiger partial charge on any atom is 0.416 e. The van der Waals surface area contributed by atoms with Crippen LogP contribution in [0, 0.1) is 23.0 Å². The van der Waals surface area contributed by atoms with Crippen LogP contribution in [0.15, 0.2) is 66.7 Å². The highest BCUT2D eigenvalue weighted by Crippen LogP contribution is 2.33. The minimum atomic E-state index is -4.53. The smallest absolute Gasteiger partial charge is 0.416 e. The number of hydrogen-bond donors (Lipinski definition) is 1. The van der Waals surface area contributed by atoms with Crippen LogP contribution in [0.1, 0.15) is 35.3 Å². The number of rotatable bonds is 8. The Bertz CT molecular complexity index is 1510. The van der Waals surface area contributed by atoms with Crippen LogP contribution in [0.5, 0.6) is 6.01 Å². The second kappa shape index (κ2) is 10.9. The Morgan fingerprint density at radius 3 is 2.46 bits per heavy atom. The number of nitrogens with zero attached hydrogens (tertiary/aromatic N) is 4. The molecule has 4 rings (SSSR count). The maximum absolute atomic E-state index is 13.3. The number of nitro benzene ring substituents is 1. The van der Waals surface area contributed by atoms with E-state index in [1.165, 1.54) is 35.0 Å². The third kappa shape index (κ3) is 6.40. The average Bonchev–Trinajstić information content (AvgIpc) is 3.32. The molecule has 1 amide bonds. The lowest BCUT2D eigenvalue weighted by Gasteiger charge is -2.10. The summed E-state index contributed by atoms with van der Waals surface area (Å²) in [4.78, 5) is 27.6. The number of aromatic nitrogens is 3. The summed E-state index contributed by atoms with van der Waals surface area (Å²) in [6, 6.07) is 15.3. The number of amides is 1. The number of carbonyl (C=O) groups excluding carboxylic acids is 1. The number of alkyl halides is 3. The number of halogens is 3. The monoisotopic (exact) mass is 539 g/mol. The normalized spacial score (nSPS) is 11.5. The van der Waals surface area contributed by atoms with Gasteiger partial charge in [0.15, 0.2) is 5.82 Å². The fourth-order valence-electron chi connectivity index (χ4n) is 3.63. The van der Waals surface area contributed by atoms with Crippen molar-refractivity contribution in [1.82, 2.24) is 14.8 Å². The van der Waals surface area contributed by atoms with Crippen LogP contribution in [0.4, 0.5) is 24.5 Å². The molecule has 0 atom stereocenters. The van der Waals surface area contributed by atoms with Gasteiger partial charge in [-0.2, -0.15) is 18.2 Å². The van der Waals surface area contributed by atoms with Crippen molar-refractivity contribution in [1.29, 1.82) is 0 Å². The molecule has 1 heterocycles. The van der Waals surface area contributed by atoms with E-state index in [-0.39, 0.29) is 34.6 Å². The van der Waals surface area contributed by atoms with E-state index in [0.29, 0.717) is 23.5 Å². The van der Waals surface area contributed by atoms with Crippen molar-refractivity contribution in [3.05, 3.63) is 93.5 Å². The molecule has 0 bridgehead atoms. The standard InChI is InChI=1S/C27H24F3N5O4/c1-16(2)15-39-26-32-24(18-5-4-6-20(13-18)27(28,29)30)34(33-26)22-11-9-21(10-12-22)31-25(36)19-8-7-17(3)23(14-19)35(37)38/h4-14,16H,15H2,1-3H3,(H,31,36). The van der Waals surface area contributed by atoms with Crippen molar-refractivity contribution in [3.63, 3.8) is 0 Å². The van der Waals surface area contributed by atoms with Crippen LogP contribution in [-0.2, 0) is 6.18 Å². The van der Waals surface area contributed by atoms with Gasteiger partial charge >= 0.3 is 12.2 Å². The fraction of sp³-hybridized carbons (Fsp3) is 0.222. The van der Waals surface area contributed by atoms with E-state index in [2.05, 4.69) is 15.4 Å². The Morgan fingerprint density at radius 2 is 1.82 bits per heavy atom. The van der Waals surface area contributed by atoms with Crippen LogP contribution in [-0.4, -0.2) is 32.2 Å². The largest absolute Gasteiger partial charge is 0.462 e. The number of ether oxygens (including phenoxy) is 1. The highest BCUT2D eigenvalue weighted by molar-refractivity contribution is 6.04. The zero-order valence-corrected chi connectivity index (χ0v) is 21.2. The van der Waals surface area contributed by atoms with E-state index in [9.17, 15) is 28.1 Å². The van der Waals surface area contributed by atoms with Gasteiger partial charge in [0, 0.05) is 28.4 Å². The Morgan fingerprint density at radius 1 is 1.10 bits per heavy atom. The molecular weight excluding hydrogens is 515 g/mol. The van der Waals surface area contributed by atoms with Crippen LogP contribution in [0.25, 0.3) is 17.1 Å². The minimum absolute atomic E-state index is 0.00876. The highest BCUT2D eigenvalue weighted by atomic mass is 19.4. The highest BCUT2D eigenvalue weighted by Gasteiger charge is 2.31. The molecule has 202 valence electrons. The molecule has 0 radical (unpaired) electrons. The van der Waals surface area contributed by atoms with E-state index >= 15 is 0 Å². The van der Waals surface area contributed by atoms with Crippen molar-refractivity contribution >= 4 is 17.3 Å². The number of nitro groups is 1. The summed E-state index contributed by atoms with van der Waals surface area (Å²) in [5, 5.41) is 18.2. The van der Waals surface area contributed by atoms with Gasteiger partial charge in [-0.05, 0) is 55.3 Å². The zero-order valence-electron chi connectivity index (χ0n) is 21.2. The summed E-state index contributed by atoms with van der Waals surface area (Å²) in [5.41, 5.74) is 0.598. The van der Waals surface area contributed by atoms with Gasteiger partial charge in [0.2, 0.25) is 0 Å². The van der Waals surface area contributed by atoms with Gasteiger partial charge in [0.25, 0.3) is 11.6 Å². The quantitative estimate of drug-likeness (QED) is 0.203. The summed E-state index contributed by atoms with van der Waals surface area (Å²) in [5.74, 6) is -0.226. The van der Waals surface area contributed by atoms with Crippen LogP contribution in [0.3, 0.4) is 0 Å². The van der Waals surface area contributed by atoms with Crippen molar-refractivity contribution in [2.24, 2.45) is 5.92 Å². The molecule has 4 aromatic rings. The molecular formula is C27H24F3N5O4. The number of nitrogens with one attached hydrogen (secondary N) is 1.